The smallest absolute Gasteiger partial charge is 0.354 e. The third-order valence-electron chi connectivity index (χ3n) is 1.73. The summed E-state index contributed by atoms with van der Waals surface area (Å²) in [7, 11) is 0. The fraction of sp³-hybridized carbons (Fsp3) is 0.455. The molecule has 0 aliphatic heterocycles. The van der Waals surface area contributed by atoms with Crippen molar-refractivity contribution in [1.29, 1.82) is 0 Å². The van der Waals surface area contributed by atoms with Gasteiger partial charge in [0.15, 0.2) is 0 Å². The quantitative estimate of drug-likeness (QED) is 0.805. The zero-order valence-electron chi connectivity index (χ0n) is 8.93. The maximum atomic E-state index is 10.6. The molecule has 0 amide bonds. The first-order valence-corrected chi connectivity index (χ1v) is 4.86. The molecule has 0 saturated carbocycles. The van der Waals surface area contributed by atoms with Gasteiger partial charge in [-0.2, -0.15) is 0 Å². The molecule has 4 heteroatoms. The van der Waals surface area contributed by atoms with Crippen LogP contribution in [0.3, 0.4) is 0 Å². The molecule has 1 aromatic heterocycles. The predicted molar refractivity (Wildman–Crippen MR) is 55.7 cm³/mol. The second-order valence-corrected chi connectivity index (χ2v) is 3.73. The second kappa shape index (κ2) is 5.46. The molecule has 82 valence electrons. The standard InChI is InChI=1S/C11H15NO3/c1-8(2)6-15-7-9-4-3-5-10(12-9)11(13)14/h3-5,8H,6-7H2,1-2H3,(H,13,14). The van der Waals surface area contributed by atoms with Gasteiger partial charge in [0.2, 0.25) is 0 Å². The van der Waals surface area contributed by atoms with Crippen LogP contribution in [0.5, 0.6) is 0 Å². The zero-order chi connectivity index (χ0) is 11.3. The summed E-state index contributed by atoms with van der Waals surface area (Å²) in [6.07, 6.45) is 0. The van der Waals surface area contributed by atoms with E-state index in [9.17, 15) is 4.79 Å². The number of aromatic carboxylic acids is 1. The Morgan fingerprint density at radius 3 is 2.87 bits per heavy atom. The molecular weight excluding hydrogens is 194 g/mol. The van der Waals surface area contributed by atoms with Gasteiger partial charge in [-0.1, -0.05) is 19.9 Å². The van der Waals surface area contributed by atoms with Gasteiger partial charge in [0.25, 0.3) is 0 Å². The van der Waals surface area contributed by atoms with Crippen LogP contribution in [0.25, 0.3) is 0 Å². The monoisotopic (exact) mass is 209 g/mol. The largest absolute Gasteiger partial charge is 0.477 e. The summed E-state index contributed by atoms with van der Waals surface area (Å²) in [5.41, 5.74) is 0.705. The SMILES string of the molecule is CC(C)COCc1cccc(C(=O)O)n1. The topological polar surface area (TPSA) is 59.4 Å². The zero-order valence-corrected chi connectivity index (χ0v) is 8.93. The minimum absolute atomic E-state index is 0.0562. The number of ether oxygens (including phenoxy) is 1. The molecule has 1 N–H and O–H groups in total. The summed E-state index contributed by atoms with van der Waals surface area (Å²) in [5, 5.41) is 8.72. The number of carboxylic acid groups (broad SMARTS) is 1. The van der Waals surface area contributed by atoms with Gasteiger partial charge in [0.05, 0.1) is 12.3 Å². The maximum absolute atomic E-state index is 10.6. The summed E-state index contributed by atoms with van der Waals surface area (Å²) in [6, 6.07) is 4.89. The Bertz CT molecular complexity index is 336. The van der Waals surface area contributed by atoms with Crippen molar-refractivity contribution in [2.75, 3.05) is 6.61 Å². The number of nitrogens with zero attached hydrogens (tertiary/aromatic N) is 1. The molecule has 0 fully saturated rings. The lowest BCUT2D eigenvalue weighted by Gasteiger charge is -2.06. The van der Waals surface area contributed by atoms with E-state index in [1.807, 2.05) is 0 Å². The third kappa shape index (κ3) is 4.08. The number of hydrogen-bond acceptors (Lipinski definition) is 3. The fourth-order valence-electron chi connectivity index (χ4n) is 1.08. The number of aromatic nitrogens is 1. The van der Waals surface area contributed by atoms with Gasteiger partial charge in [0, 0.05) is 6.61 Å². The highest BCUT2D eigenvalue weighted by atomic mass is 16.5. The van der Waals surface area contributed by atoms with E-state index in [2.05, 4.69) is 18.8 Å². The van der Waals surface area contributed by atoms with Crippen LogP contribution >= 0.6 is 0 Å². The van der Waals surface area contributed by atoms with Crippen LogP contribution in [0.15, 0.2) is 18.2 Å². The van der Waals surface area contributed by atoms with E-state index in [1.54, 1.807) is 12.1 Å². The van der Waals surface area contributed by atoms with Crippen molar-refractivity contribution in [3.8, 4) is 0 Å². The van der Waals surface area contributed by atoms with E-state index in [-0.39, 0.29) is 5.69 Å². The van der Waals surface area contributed by atoms with Gasteiger partial charge in [0.1, 0.15) is 5.69 Å². The number of carbonyl (C=O) groups is 1. The average molecular weight is 209 g/mol. The first-order valence-electron chi connectivity index (χ1n) is 4.86. The number of rotatable bonds is 5. The Balaban J connectivity index is 2.54. The number of pyridine rings is 1. The van der Waals surface area contributed by atoms with Crippen molar-refractivity contribution in [1.82, 2.24) is 4.98 Å². The van der Waals surface area contributed by atoms with E-state index >= 15 is 0 Å². The average Bonchev–Trinajstić information content (AvgIpc) is 2.17. The lowest BCUT2D eigenvalue weighted by molar-refractivity contribution is 0.0687. The second-order valence-electron chi connectivity index (χ2n) is 3.73. The molecule has 0 aromatic carbocycles. The Morgan fingerprint density at radius 1 is 1.53 bits per heavy atom. The highest BCUT2D eigenvalue weighted by Crippen LogP contribution is 2.02. The molecule has 1 rings (SSSR count). The summed E-state index contributed by atoms with van der Waals surface area (Å²) in [6.45, 7) is 5.13. The molecule has 1 aromatic rings. The number of hydrogen-bond donors (Lipinski definition) is 1. The van der Waals surface area contributed by atoms with Crippen molar-refractivity contribution in [3.05, 3.63) is 29.6 Å². The molecule has 0 unspecified atom stereocenters. The Morgan fingerprint density at radius 2 is 2.27 bits per heavy atom. The lowest BCUT2D eigenvalue weighted by atomic mass is 10.2. The van der Waals surface area contributed by atoms with Gasteiger partial charge >= 0.3 is 5.97 Å². The molecule has 15 heavy (non-hydrogen) atoms. The van der Waals surface area contributed by atoms with Gasteiger partial charge in [-0.15, -0.1) is 0 Å². The normalized spacial score (nSPS) is 10.6. The van der Waals surface area contributed by atoms with Crippen LogP contribution in [0.2, 0.25) is 0 Å². The maximum Gasteiger partial charge on any atom is 0.354 e. The molecule has 0 aliphatic carbocycles. The van der Waals surface area contributed by atoms with Crippen molar-refractivity contribution in [2.24, 2.45) is 5.92 Å². The van der Waals surface area contributed by atoms with E-state index in [0.29, 0.717) is 24.8 Å². The highest BCUT2D eigenvalue weighted by Gasteiger charge is 2.05. The van der Waals surface area contributed by atoms with Crippen LogP contribution in [0.1, 0.15) is 30.0 Å². The van der Waals surface area contributed by atoms with Gasteiger partial charge in [-0.25, -0.2) is 9.78 Å². The molecule has 0 bridgehead atoms. The summed E-state index contributed by atoms with van der Waals surface area (Å²) < 4.78 is 5.36. The fourth-order valence-corrected chi connectivity index (χ4v) is 1.08. The van der Waals surface area contributed by atoms with Gasteiger partial charge in [-0.3, -0.25) is 0 Å². The molecule has 0 radical (unpaired) electrons. The summed E-state index contributed by atoms with van der Waals surface area (Å²) >= 11 is 0. The molecule has 1 heterocycles. The van der Waals surface area contributed by atoms with Crippen LogP contribution < -0.4 is 0 Å². The molecular formula is C11H15NO3. The third-order valence-corrected chi connectivity index (χ3v) is 1.73. The first kappa shape index (κ1) is 11.7. The Hall–Kier alpha value is -1.42. The molecule has 0 saturated heterocycles. The molecule has 0 atom stereocenters. The minimum Gasteiger partial charge on any atom is -0.477 e. The molecule has 4 nitrogen and oxygen atoms in total. The lowest BCUT2D eigenvalue weighted by Crippen LogP contribution is -2.06. The summed E-state index contributed by atoms with van der Waals surface area (Å²) in [4.78, 5) is 14.6. The van der Waals surface area contributed by atoms with Gasteiger partial charge in [-0.05, 0) is 18.1 Å². The predicted octanol–water partition coefficient (Wildman–Crippen LogP) is 1.95. The molecule has 0 aliphatic rings. The van der Waals surface area contributed by atoms with E-state index in [1.165, 1.54) is 6.07 Å². The first-order chi connectivity index (χ1) is 7.09. The van der Waals surface area contributed by atoms with Gasteiger partial charge < -0.3 is 9.84 Å². The van der Waals surface area contributed by atoms with E-state index in [4.69, 9.17) is 9.84 Å². The van der Waals surface area contributed by atoms with Crippen molar-refractivity contribution in [3.63, 3.8) is 0 Å². The highest BCUT2D eigenvalue weighted by molar-refractivity contribution is 5.85. The van der Waals surface area contributed by atoms with Crippen LogP contribution in [0.4, 0.5) is 0 Å². The summed E-state index contributed by atoms with van der Waals surface area (Å²) in [5.74, 6) is -0.548. The van der Waals surface area contributed by atoms with Crippen molar-refractivity contribution in [2.45, 2.75) is 20.5 Å². The van der Waals surface area contributed by atoms with E-state index < -0.39 is 5.97 Å². The minimum atomic E-state index is -1.01. The van der Waals surface area contributed by atoms with Crippen LogP contribution in [-0.4, -0.2) is 22.7 Å². The van der Waals surface area contributed by atoms with Crippen molar-refractivity contribution >= 4 is 5.97 Å². The Kier molecular flexibility index (Phi) is 4.24. The number of carboxylic acids is 1. The molecule has 0 spiro atoms. The van der Waals surface area contributed by atoms with Crippen molar-refractivity contribution < 1.29 is 14.6 Å². The van der Waals surface area contributed by atoms with Crippen LogP contribution in [-0.2, 0) is 11.3 Å². The Labute approximate surface area is 88.9 Å². The van der Waals surface area contributed by atoms with Crippen LogP contribution in [0, 0.1) is 5.92 Å². The van der Waals surface area contributed by atoms with E-state index in [0.717, 1.165) is 0 Å².